The van der Waals surface area contributed by atoms with Crippen molar-refractivity contribution in [3.63, 3.8) is 0 Å². The number of halogens is 2. The van der Waals surface area contributed by atoms with Crippen molar-refractivity contribution >= 4 is 39.1 Å². The van der Waals surface area contributed by atoms with E-state index in [2.05, 4.69) is 5.32 Å². The monoisotopic (exact) mass is 340 g/mol. The highest BCUT2D eigenvalue weighted by Crippen LogP contribution is 2.35. The van der Waals surface area contributed by atoms with Gasteiger partial charge in [0, 0.05) is 13.5 Å². The van der Waals surface area contributed by atoms with Crippen LogP contribution in [0.5, 0.6) is 5.75 Å². The van der Waals surface area contributed by atoms with Crippen LogP contribution in [0.25, 0.3) is 0 Å². The molecule has 0 radical (unpaired) electrons. The zero-order valence-corrected chi connectivity index (χ0v) is 13.0. The summed E-state index contributed by atoms with van der Waals surface area (Å²) < 4.78 is 27.7. The van der Waals surface area contributed by atoms with E-state index in [-0.39, 0.29) is 33.2 Å². The molecule has 0 fully saturated rings. The van der Waals surface area contributed by atoms with Crippen molar-refractivity contribution < 1.29 is 17.9 Å². The second-order valence-electron chi connectivity index (χ2n) is 3.89. The second-order valence-corrected chi connectivity index (χ2v) is 6.26. The highest BCUT2D eigenvalue weighted by atomic mass is 35.5. The highest BCUT2D eigenvalue weighted by molar-refractivity contribution is 7.89. The maximum Gasteiger partial charge on any atom is 0.238 e. The molecule has 1 amide bonds. The van der Waals surface area contributed by atoms with Crippen molar-refractivity contribution in [2.24, 2.45) is 5.14 Å². The SMILES string of the molecule is CNC(=O)CCCOc1c(Cl)cc(S(N)(=O)=O)cc1Cl. The van der Waals surface area contributed by atoms with Gasteiger partial charge in [0.1, 0.15) is 0 Å². The molecule has 1 rings (SSSR count). The molecule has 9 heteroatoms. The first-order chi connectivity index (χ1) is 9.25. The largest absolute Gasteiger partial charge is 0.490 e. The molecule has 112 valence electrons. The minimum atomic E-state index is -3.88. The third kappa shape index (κ3) is 4.82. The number of rotatable bonds is 6. The molecule has 0 aliphatic heterocycles. The van der Waals surface area contributed by atoms with Crippen molar-refractivity contribution in [2.45, 2.75) is 17.7 Å². The summed E-state index contributed by atoms with van der Waals surface area (Å²) in [5, 5.41) is 7.55. The molecule has 0 atom stereocenters. The number of ether oxygens (including phenoxy) is 1. The molecular weight excluding hydrogens is 327 g/mol. The average Bonchev–Trinajstić information content (AvgIpc) is 2.35. The van der Waals surface area contributed by atoms with Gasteiger partial charge in [0.25, 0.3) is 0 Å². The van der Waals surface area contributed by atoms with Crippen molar-refractivity contribution in [3.8, 4) is 5.75 Å². The van der Waals surface area contributed by atoms with Crippen LogP contribution >= 0.6 is 23.2 Å². The van der Waals surface area contributed by atoms with Gasteiger partial charge in [-0.05, 0) is 18.6 Å². The van der Waals surface area contributed by atoms with E-state index >= 15 is 0 Å². The van der Waals surface area contributed by atoms with Crippen LogP contribution in [0.1, 0.15) is 12.8 Å². The first kappa shape index (κ1) is 17.0. The lowest BCUT2D eigenvalue weighted by Gasteiger charge is -2.11. The summed E-state index contributed by atoms with van der Waals surface area (Å²) in [4.78, 5) is 10.8. The number of carbonyl (C=O) groups excluding carboxylic acids is 1. The van der Waals surface area contributed by atoms with Crippen LogP contribution in [0, 0.1) is 0 Å². The van der Waals surface area contributed by atoms with Crippen molar-refractivity contribution in [2.75, 3.05) is 13.7 Å². The molecule has 0 aliphatic carbocycles. The molecule has 0 spiro atoms. The zero-order valence-electron chi connectivity index (χ0n) is 10.7. The molecule has 20 heavy (non-hydrogen) atoms. The Morgan fingerprint density at radius 2 is 1.90 bits per heavy atom. The van der Waals surface area contributed by atoms with Crippen molar-refractivity contribution in [1.82, 2.24) is 5.32 Å². The zero-order chi connectivity index (χ0) is 15.3. The van der Waals surface area contributed by atoms with E-state index in [0.717, 1.165) is 12.1 Å². The number of hydrogen-bond acceptors (Lipinski definition) is 4. The Labute approximate surface area is 127 Å². The quantitative estimate of drug-likeness (QED) is 0.767. The van der Waals surface area contributed by atoms with Crippen LogP contribution in [0.15, 0.2) is 17.0 Å². The topological polar surface area (TPSA) is 98.5 Å². The smallest absolute Gasteiger partial charge is 0.238 e. The number of hydrogen-bond donors (Lipinski definition) is 2. The first-order valence-electron chi connectivity index (χ1n) is 5.61. The molecule has 0 heterocycles. The van der Waals surface area contributed by atoms with Gasteiger partial charge in [-0.1, -0.05) is 23.2 Å². The van der Waals surface area contributed by atoms with Gasteiger partial charge in [0.05, 0.1) is 21.5 Å². The van der Waals surface area contributed by atoms with E-state index in [1.165, 1.54) is 0 Å². The summed E-state index contributed by atoms with van der Waals surface area (Å²) in [7, 11) is -2.34. The van der Waals surface area contributed by atoms with E-state index in [4.69, 9.17) is 33.1 Å². The average molecular weight is 341 g/mol. The van der Waals surface area contributed by atoms with Gasteiger partial charge in [0.2, 0.25) is 15.9 Å². The molecule has 0 bridgehead atoms. The van der Waals surface area contributed by atoms with E-state index in [0.29, 0.717) is 12.8 Å². The van der Waals surface area contributed by atoms with Gasteiger partial charge in [-0.15, -0.1) is 0 Å². The lowest BCUT2D eigenvalue weighted by molar-refractivity contribution is -0.120. The number of nitrogens with one attached hydrogen (secondary N) is 1. The van der Waals surface area contributed by atoms with Crippen LogP contribution in [0.4, 0.5) is 0 Å². The van der Waals surface area contributed by atoms with Crippen LogP contribution in [0.2, 0.25) is 10.0 Å². The Hall–Kier alpha value is -1.02. The molecule has 0 saturated heterocycles. The summed E-state index contributed by atoms with van der Waals surface area (Å²) >= 11 is 11.8. The molecular formula is C11H14Cl2N2O4S. The molecule has 0 saturated carbocycles. The van der Waals surface area contributed by atoms with Crippen LogP contribution in [0.3, 0.4) is 0 Å². The summed E-state index contributed by atoms with van der Waals surface area (Å²) in [6, 6.07) is 2.33. The lowest BCUT2D eigenvalue weighted by Crippen LogP contribution is -2.18. The predicted molar refractivity (Wildman–Crippen MR) is 76.6 cm³/mol. The maximum atomic E-state index is 11.2. The van der Waals surface area contributed by atoms with Gasteiger partial charge in [0.15, 0.2) is 5.75 Å². The Morgan fingerprint density at radius 1 is 1.35 bits per heavy atom. The Balaban J connectivity index is 2.75. The Morgan fingerprint density at radius 3 is 2.35 bits per heavy atom. The number of nitrogens with two attached hydrogens (primary N) is 1. The highest BCUT2D eigenvalue weighted by Gasteiger charge is 2.15. The number of amides is 1. The fraction of sp³-hybridized carbons (Fsp3) is 0.364. The van der Waals surface area contributed by atoms with Gasteiger partial charge in [-0.2, -0.15) is 0 Å². The van der Waals surface area contributed by atoms with Crippen molar-refractivity contribution in [1.29, 1.82) is 0 Å². The predicted octanol–water partition coefficient (Wildman–Crippen LogP) is 1.55. The van der Waals surface area contributed by atoms with E-state index in [9.17, 15) is 13.2 Å². The summed E-state index contributed by atoms with van der Waals surface area (Å²) in [6.07, 6.45) is 0.782. The molecule has 3 N–H and O–H groups in total. The summed E-state index contributed by atoms with van der Waals surface area (Å²) in [6.45, 7) is 0.224. The Bertz CT molecular complexity index is 581. The fourth-order valence-electron chi connectivity index (χ4n) is 1.37. The normalized spacial score (nSPS) is 11.2. The van der Waals surface area contributed by atoms with Gasteiger partial charge in [-0.3, -0.25) is 4.79 Å². The maximum absolute atomic E-state index is 11.2. The summed E-state index contributed by atoms with van der Waals surface area (Å²) in [5.41, 5.74) is 0. The third-order valence-corrected chi connectivity index (χ3v) is 3.83. The minimum absolute atomic E-state index is 0.0430. The third-order valence-electron chi connectivity index (χ3n) is 2.37. The number of primary sulfonamides is 1. The summed E-state index contributed by atoms with van der Waals surface area (Å²) in [5.74, 6) is 0.0630. The van der Waals surface area contributed by atoms with Gasteiger partial charge < -0.3 is 10.1 Å². The standard InChI is InChI=1S/C11H14Cl2N2O4S/c1-15-10(16)3-2-4-19-11-8(12)5-7(6-9(11)13)20(14,17)18/h5-6H,2-4H2,1H3,(H,15,16)(H2,14,17,18). The molecule has 1 aromatic carbocycles. The van der Waals surface area contributed by atoms with Crippen LogP contribution in [-0.2, 0) is 14.8 Å². The van der Waals surface area contributed by atoms with E-state index in [1.807, 2.05) is 0 Å². The number of benzene rings is 1. The molecule has 0 aliphatic rings. The van der Waals surface area contributed by atoms with E-state index in [1.54, 1.807) is 7.05 Å². The lowest BCUT2D eigenvalue weighted by atomic mass is 10.3. The molecule has 1 aromatic rings. The number of carbonyl (C=O) groups is 1. The molecule has 6 nitrogen and oxygen atoms in total. The molecule has 0 aromatic heterocycles. The van der Waals surface area contributed by atoms with Gasteiger partial charge in [-0.25, -0.2) is 13.6 Å². The van der Waals surface area contributed by atoms with Gasteiger partial charge >= 0.3 is 0 Å². The van der Waals surface area contributed by atoms with Crippen LogP contribution < -0.4 is 15.2 Å². The first-order valence-corrected chi connectivity index (χ1v) is 7.91. The van der Waals surface area contributed by atoms with E-state index < -0.39 is 10.0 Å². The second kappa shape index (κ2) is 7.12. The number of sulfonamides is 1. The van der Waals surface area contributed by atoms with Crippen molar-refractivity contribution in [3.05, 3.63) is 22.2 Å². The fourth-order valence-corrected chi connectivity index (χ4v) is 2.66. The van der Waals surface area contributed by atoms with Crippen LogP contribution in [-0.4, -0.2) is 28.0 Å². The minimum Gasteiger partial charge on any atom is -0.490 e. The Kier molecular flexibility index (Phi) is 6.07. The molecule has 0 unspecified atom stereocenters.